The fourth-order valence-electron chi connectivity index (χ4n) is 2.86. The van der Waals surface area contributed by atoms with Crippen LogP contribution in [-0.2, 0) is 25.1 Å². The van der Waals surface area contributed by atoms with Crippen LogP contribution in [0.2, 0.25) is 0 Å². The van der Waals surface area contributed by atoms with E-state index in [1.807, 2.05) is 54.6 Å². The Balaban J connectivity index is 1.94. The summed E-state index contributed by atoms with van der Waals surface area (Å²) in [4.78, 5) is 0. The fourth-order valence-corrected chi connectivity index (χ4v) is 3.87. The molecule has 1 saturated heterocycles. The predicted molar refractivity (Wildman–Crippen MR) is 91.2 cm³/mol. The molecule has 0 saturated carbocycles. The van der Waals surface area contributed by atoms with Gasteiger partial charge in [0.05, 0.1) is 13.2 Å². The molecular formula is C18H20O5S. The van der Waals surface area contributed by atoms with E-state index in [1.54, 1.807) is 0 Å². The van der Waals surface area contributed by atoms with Gasteiger partial charge in [0.15, 0.2) is 9.84 Å². The Labute approximate surface area is 141 Å². The lowest BCUT2D eigenvalue weighted by Gasteiger charge is -2.27. The highest BCUT2D eigenvalue weighted by Gasteiger charge is 2.45. The second kappa shape index (κ2) is 6.64. The maximum absolute atomic E-state index is 11.8. The topological polar surface area (TPSA) is 72.8 Å². The van der Waals surface area contributed by atoms with Crippen molar-refractivity contribution in [3.63, 3.8) is 0 Å². The second-order valence-electron chi connectivity index (χ2n) is 6.00. The van der Waals surface area contributed by atoms with Gasteiger partial charge in [-0.2, -0.15) is 0 Å². The Bertz CT molecular complexity index is 786. The largest absolute Gasteiger partial charge is 0.394 e. The summed E-state index contributed by atoms with van der Waals surface area (Å²) < 4.78 is 35.1. The molecule has 6 heteroatoms. The van der Waals surface area contributed by atoms with Crippen LogP contribution >= 0.6 is 0 Å². The van der Waals surface area contributed by atoms with Crippen molar-refractivity contribution in [2.75, 3.05) is 25.2 Å². The second-order valence-corrected chi connectivity index (χ2v) is 8.14. The molecule has 1 heterocycles. The number of benzene rings is 2. The molecule has 0 radical (unpaired) electrons. The van der Waals surface area contributed by atoms with Gasteiger partial charge in [-0.25, -0.2) is 8.42 Å². The highest BCUT2D eigenvalue weighted by atomic mass is 32.2. The first-order chi connectivity index (χ1) is 11.4. The molecule has 2 aromatic rings. The molecule has 0 aromatic heterocycles. The van der Waals surface area contributed by atoms with Gasteiger partial charge in [-0.3, -0.25) is 0 Å². The summed E-state index contributed by atoms with van der Waals surface area (Å²) in [6.07, 6.45) is 0.618. The highest BCUT2D eigenvalue weighted by molar-refractivity contribution is 7.90. The molecule has 128 valence electrons. The molecule has 0 unspecified atom stereocenters. The van der Waals surface area contributed by atoms with Gasteiger partial charge < -0.3 is 14.6 Å². The van der Waals surface area contributed by atoms with E-state index in [2.05, 4.69) is 0 Å². The lowest BCUT2D eigenvalue weighted by molar-refractivity contribution is -0.162. The summed E-state index contributed by atoms with van der Waals surface area (Å²) >= 11 is 0. The van der Waals surface area contributed by atoms with Crippen molar-refractivity contribution in [1.82, 2.24) is 0 Å². The molecule has 0 bridgehead atoms. The summed E-state index contributed by atoms with van der Waals surface area (Å²) in [6.45, 7) is -0.0555. The smallest absolute Gasteiger partial charge is 0.209 e. The third kappa shape index (κ3) is 3.67. The van der Waals surface area contributed by atoms with Crippen molar-refractivity contribution >= 4 is 9.84 Å². The van der Waals surface area contributed by atoms with Gasteiger partial charge >= 0.3 is 0 Å². The standard InChI is InChI=1S/C18H20O5S/c1-24(20,21)13-18(22-12-17(11-19)23-18)16-9-7-15(8-10-16)14-5-3-2-4-6-14/h2-10,17,19H,11-13H2,1H3/t17-,18+/m0/s1. The molecule has 2 aromatic carbocycles. The maximum atomic E-state index is 11.8. The number of sulfone groups is 1. The Morgan fingerprint density at radius 2 is 1.71 bits per heavy atom. The minimum absolute atomic E-state index is 0.159. The van der Waals surface area contributed by atoms with Gasteiger partial charge in [0, 0.05) is 11.8 Å². The monoisotopic (exact) mass is 348 g/mol. The molecule has 3 rings (SSSR count). The minimum atomic E-state index is -3.34. The van der Waals surface area contributed by atoms with Crippen molar-refractivity contribution in [1.29, 1.82) is 0 Å². The van der Waals surface area contributed by atoms with E-state index in [9.17, 15) is 13.5 Å². The van der Waals surface area contributed by atoms with Crippen LogP contribution in [0.4, 0.5) is 0 Å². The third-order valence-corrected chi connectivity index (χ3v) is 4.85. The van der Waals surface area contributed by atoms with E-state index in [-0.39, 0.29) is 19.0 Å². The van der Waals surface area contributed by atoms with Gasteiger partial charge in [-0.1, -0.05) is 54.6 Å². The van der Waals surface area contributed by atoms with Crippen molar-refractivity contribution < 1.29 is 23.0 Å². The Kier molecular flexibility index (Phi) is 4.73. The van der Waals surface area contributed by atoms with Crippen LogP contribution in [0, 0.1) is 0 Å². The maximum Gasteiger partial charge on any atom is 0.209 e. The van der Waals surface area contributed by atoms with Crippen molar-refractivity contribution in [2.45, 2.75) is 11.9 Å². The van der Waals surface area contributed by atoms with Crippen molar-refractivity contribution in [2.24, 2.45) is 0 Å². The van der Waals surface area contributed by atoms with Crippen LogP contribution in [0.3, 0.4) is 0 Å². The lowest BCUT2D eigenvalue weighted by Crippen LogP contribution is -2.36. The SMILES string of the molecule is CS(=O)(=O)C[C@@]1(c2ccc(-c3ccccc3)cc2)OC[C@H](CO)O1. The summed E-state index contributed by atoms with van der Waals surface area (Å²) in [5, 5.41) is 9.28. The van der Waals surface area contributed by atoms with Crippen LogP contribution in [0.15, 0.2) is 54.6 Å². The zero-order chi connectivity index (χ0) is 17.2. The number of aliphatic hydroxyl groups is 1. The summed E-state index contributed by atoms with van der Waals surface area (Å²) in [6, 6.07) is 17.3. The van der Waals surface area contributed by atoms with Crippen LogP contribution in [0.5, 0.6) is 0 Å². The van der Waals surface area contributed by atoms with E-state index >= 15 is 0 Å². The molecule has 0 aliphatic carbocycles. The Morgan fingerprint density at radius 1 is 1.08 bits per heavy atom. The number of rotatable bonds is 5. The van der Waals surface area contributed by atoms with Gasteiger partial charge in [-0.15, -0.1) is 0 Å². The van der Waals surface area contributed by atoms with Gasteiger partial charge in [-0.05, 0) is 11.1 Å². The summed E-state index contributed by atoms with van der Waals surface area (Å²) in [5.41, 5.74) is 2.72. The molecule has 1 fully saturated rings. The number of hydrogen-bond acceptors (Lipinski definition) is 5. The zero-order valence-corrected chi connectivity index (χ0v) is 14.2. The zero-order valence-electron chi connectivity index (χ0n) is 13.4. The van der Waals surface area contributed by atoms with Gasteiger partial charge in [0.1, 0.15) is 11.9 Å². The molecular weight excluding hydrogens is 328 g/mol. The number of hydrogen-bond donors (Lipinski definition) is 1. The third-order valence-electron chi connectivity index (χ3n) is 3.95. The van der Waals surface area contributed by atoms with Crippen LogP contribution in [-0.4, -0.2) is 44.9 Å². The predicted octanol–water partition coefficient (Wildman–Crippen LogP) is 1.96. The first kappa shape index (κ1) is 17.1. The van der Waals surface area contributed by atoms with E-state index in [1.165, 1.54) is 0 Å². The van der Waals surface area contributed by atoms with E-state index in [4.69, 9.17) is 9.47 Å². The van der Waals surface area contributed by atoms with Crippen molar-refractivity contribution in [3.05, 3.63) is 60.2 Å². The molecule has 1 N–H and O–H groups in total. The fraction of sp³-hybridized carbons (Fsp3) is 0.333. The number of aliphatic hydroxyl groups excluding tert-OH is 1. The first-order valence-corrected chi connectivity index (χ1v) is 9.74. The normalized spacial score (nSPS) is 24.2. The highest BCUT2D eigenvalue weighted by Crippen LogP contribution is 2.36. The minimum Gasteiger partial charge on any atom is -0.394 e. The molecule has 5 nitrogen and oxygen atoms in total. The van der Waals surface area contributed by atoms with Crippen molar-refractivity contribution in [3.8, 4) is 11.1 Å². The summed E-state index contributed by atoms with van der Waals surface area (Å²) in [5.74, 6) is -1.66. The average Bonchev–Trinajstić information content (AvgIpc) is 2.98. The van der Waals surface area contributed by atoms with Gasteiger partial charge in [0.2, 0.25) is 5.79 Å². The molecule has 2 atom stereocenters. The Hall–Kier alpha value is -1.73. The van der Waals surface area contributed by atoms with Crippen LogP contribution in [0.25, 0.3) is 11.1 Å². The van der Waals surface area contributed by atoms with E-state index in [0.717, 1.165) is 17.4 Å². The molecule has 1 aliphatic rings. The number of ether oxygens (including phenoxy) is 2. The molecule has 24 heavy (non-hydrogen) atoms. The average molecular weight is 348 g/mol. The lowest BCUT2D eigenvalue weighted by atomic mass is 10.0. The molecule has 0 spiro atoms. The molecule has 0 amide bonds. The van der Waals surface area contributed by atoms with Crippen LogP contribution in [0.1, 0.15) is 5.56 Å². The van der Waals surface area contributed by atoms with E-state index in [0.29, 0.717) is 5.56 Å². The Morgan fingerprint density at radius 3 is 2.25 bits per heavy atom. The quantitative estimate of drug-likeness (QED) is 0.894. The first-order valence-electron chi connectivity index (χ1n) is 7.68. The van der Waals surface area contributed by atoms with E-state index < -0.39 is 21.7 Å². The summed E-state index contributed by atoms with van der Waals surface area (Å²) in [7, 11) is -3.34. The molecule has 1 aliphatic heterocycles. The van der Waals surface area contributed by atoms with Crippen LogP contribution < -0.4 is 0 Å². The van der Waals surface area contributed by atoms with Gasteiger partial charge in [0.25, 0.3) is 0 Å².